The Kier molecular flexibility index (Phi) is 19.5. The molecule has 13 atom stereocenters. The van der Waals surface area contributed by atoms with Crippen LogP contribution in [-0.4, -0.2) is 153 Å². The molecular formula is C49H74FN7O12S. The molecule has 3 saturated heterocycles. The number of nitrogens with zero attached hydrogens (tertiary/aromatic N) is 5. The van der Waals surface area contributed by atoms with Crippen molar-refractivity contribution in [3.05, 3.63) is 29.3 Å². The number of hydrogen-bond donors (Lipinski definition) is 4. The minimum atomic E-state index is -3.24. The summed E-state index contributed by atoms with van der Waals surface area (Å²) in [5, 5.41) is 33.6. The van der Waals surface area contributed by atoms with E-state index < -0.39 is 95.3 Å². The fourth-order valence-electron chi connectivity index (χ4n) is 9.20. The Hall–Kier alpha value is -4.19. The van der Waals surface area contributed by atoms with Crippen molar-refractivity contribution in [3.8, 4) is 10.7 Å². The number of nitrogens with one attached hydrogen (secondary N) is 1. The number of carbonyl (C=O) groups is 4. The first-order valence-corrected chi connectivity index (χ1v) is 25.0. The minimum absolute atomic E-state index is 0.0144. The Labute approximate surface area is 414 Å². The van der Waals surface area contributed by atoms with Gasteiger partial charge in [-0.2, -0.15) is 0 Å². The molecule has 0 aliphatic carbocycles. The summed E-state index contributed by atoms with van der Waals surface area (Å²) in [7, 11) is 3.62. The van der Waals surface area contributed by atoms with Crippen molar-refractivity contribution in [3.63, 3.8) is 0 Å². The van der Waals surface area contributed by atoms with Crippen LogP contribution in [0.5, 0.6) is 0 Å². The Bertz CT molecular complexity index is 2200. The molecule has 19 nitrogen and oxygen atoms in total. The van der Waals surface area contributed by atoms with Gasteiger partial charge in [-0.15, -0.1) is 11.3 Å². The Balaban J connectivity index is 1.56. The fourth-order valence-corrected chi connectivity index (χ4v) is 9.97. The molecule has 3 aliphatic heterocycles. The Morgan fingerprint density at radius 3 is 2.49 bits per heavy atom. The first-order valence-electron chi connectivity index (χ1n) is 24.1. The number of rotatable bonds is 13. The lowest BCUT2D eigenvalue weighted by Crippen LogP contribution is -2.61. The largest absolute Gasteiger partial charge is 0.457 e. The van der Waals surface area contributed by atoms with E-state index in [-0.39, 0.29) is 63.0 Å². The number of aliphatic hydroxyl groups is 2. The standard InChI is InChI=1S/C49H74FN7O12S/c1-13-36-49(10,63)37-20-34(54-39(58)14-2)27(5)21-47(8,42(29(7)41(60)48(9,50)46(62)68-36)69-45-40(59)35(57(11)12)19-28(6)67-45)65-23-30(22-64-37)56-66-24-31-25-70-44(52-31)33-16-15-17-38(53-33)55-43(61)32(51)18-26(3)4/h15-17,25-29,32,35-37,40,42,45,59,63H,13-14,18-24,51H2,1-12H3,(H,53,55,61)/b54-34-,56-30+/t27-,28-,29+,32+,35+,36-,37-,40-,42-,45+,47-,48+,49-/m1/s1. The number of fused-ring (bicyclic) bond motifs is 5. The van der Waals surface area contributed by atoms with Crippen LogP contribution < -0.4 is 11.1 Å². The summed E-state index contributed by atoms with van der Waals surface area (Å²) in [5.74, 6) is -5.05. The van der Waals surface area contributed by atoms with Crippen LogP contribution in [0, 0.1) is 17.8 Å². The second-order valence-corrected chi connectivity index (χ2v) is 20.9. The number of halogens is 1. The van der Waals surface area contributed by atoms with E-state index in [4.69, 9.17) is 34.3 Å². The molecule has 0 spiro atoms. The van der Waals surface area contributed by atoms with Gasteiger partial charge in [-0.25, -0.2) is 24.1 Å². The topological polar surface area (TPSA) is 256 Å². The predicted molar refractivity (Wildman–Crippen MR) is 261 cm³/mol. The van der Waals surface area contributed by atoms with E-state index in [2.05, 4.69) is 25.4 Å². The van der Waals surface area contributed by atoms with E-state index in [1.165, 1.54) is 25.2 Å². The molecule has 2 bridgehead atoms. The summed E-state index contributed by atoms with van der Waals surface area (Å²) in [6.07, 6.45) is -6.22. The number of pyridine rings is 1. The van der Waals surface area contributed by atoms with Crippen molar-refractivity contribution in [1.29, 1.82) is 0 Å². The van der Waals surface area contributed by atoms with Crippen molar-refractivity contribution >= 4 is 52.1 Å². The summed E-state index contributed by atoms with van der Waals surface area (Å²) in [6.45, 7) is 15.4. The SMILES string of the molecule is CCC(=O)/N=C1/C[C@H]2OC/C(=N\OCc3csc(-c4cccc(NC(=O)[C@@H](N)CC(C)C)n4)n3)CO[C@](C)(C[C@H]1C)[C@H](O[C@@H]1O[C@H](C)C[C@H](N(C)C)[C@H]1O)[C@@H](C)C(=O)[C@](C)(F)C(=O)O[C@H](CC)[C@@]2(C)O. The van der Waals surface area contributed by atoms with E-state index in [9.17, 15) is 29.4 Å². The molecule has 0 aromatic carbocycles. The molecule has 0 saturated carbocycles. The highest BCUT2D eigenvalue weighted by atomic mass is 32.1. The van der Waals surface area contributed by atoms with Crippen LogP contribution in [0.2, 0.25) is 0 Å². The van der Waals surface area contributed by atoms with Crippen LogP contribution in [0.15, 0.2) is 33.7 Å². The van der Waals surface area contributed by atoms with Gasteiger partial charge in [0.05, 0.1) is 48.9 Å². The van der Waals surface area contributed by atoms with Gasteiger partial charge < -0.3 is 54.7 Å². The van der Waals surface area contributed by atoms with E-state index >= 15 is 4.39 Å². The molecule has 5 heterocycles. The molecule has 3 aliphatic rings. The number of amides is 2. The number of carbonyl (C=O) groups excluding carboxylic acids is 4. The molecule has 0 unspecified atom stereocenters. The number of esters is 1. The highest BCUT2D eigenvalue weighted by molar-refractivity contribution is 7.13. The van der Waals surface area contributed by atoms with Crippen LogP contribution in [0.1, 0.15) is 113 Å². The summed E-state index contributed by atoms with van der Waals surface area (Å²) < 4.78 is 48.8. The number of hydrogen-bond acceptors (Lipinski definition) is 18. The van der Waals surface area contributed by atoms with E-state index in [1.54, 1.807) is 51.3 Å². The highest BCUT2D eigenvalue weighted by Crippen LogP contribution is 2.40. The van der Waals surface area contributed by atoms with Crippen molar-refractivity contribution < 1.29 is 62.3 Å². The van der Waals surface area contributed by atoms with Gasteiger partial charge in [0.2, 0.25) is 11.8 Å². The zero-order chi connectivity index (χ0) is 51.9. The number of oxime groups is 1. The first kappa shape index (κ1) is 56.7. The smallest absolute Gasteiger partial charge is 0.351 e. The third-order valence-electron chi connectivity index (χ3n) is 13.3. The van der Waals surface area contributed by atoms with Gasteiger partial charge in [-0.1, -0.05) is 52.8 Å². The van der Waals surface area contributed by atoms with E-state index in [0.29, 0.717) is 40.8 Å². The molecule has 70 heavy (non-hydrogen) atoms. The van der Waals surface area contributed by atoms with Crippen molar-refractivity contribution in [2.75, 3.05) is 32.6 Å². The van der Waals surface area contributed by atoms with Crippen LogP contribution in [0.3, 0.4) is 0 Å². The second kappa shape index (κ2) is 24.0. The van der Waals surface area contributed by atoms with Gasteiger partial charge in [0.1, 0.15) is 40.0 Å². The number of cyclic esters (lactones) is 1. The normalized spacial score (nSPS) is 34.4. The second-order valence-electron chi connectivity index (χ2n) is 20.1. The number of ketones is 1. The maximum Gasteiger partial charge on any atom is 0.351 e. The summed E-state index contributed by atoms with van der Waals surface area (Å²) >= 11 is 1.30. The van der Waals surface area contributed by atoms with Gasteiger partial charge in [-0.3, -0.25) is 14.4 Å². The van der Waals surface area contributed by atoms with Crippen molar-refractivity contribution in [1.82, 2.24) is 14.9 Å². The molecule has 390 valence electrons. The number of aromatic nitrogens is 2. The van der Waals surface area contributed by atoms with E-state index in [0.717, 1.165) is 6.92 Å². The number of nitrogens with two attached hydrogens (primary N) is 1. The van der Waals surface area contributed by atoms with Gasteiger partial charge in [0, 0.05) is 35.9 Å². The molecular weight excluding hydrogens is 930 g/mol. The molecule has 5 N–H and O–H groups in total. The third kappa shape index (κ3) is 13.9. The molecule has 2 aromatic heterocycles. The third-order valence-corrected chi connectivity index (χ3v) is 14.2. The maximum atomic E-state index is 17.0. The van der Waals surface area contributed by atoms with Crippen LogP contribution >= 0.6 is 11.3 Å². The van der Waals surface area contributed by atoms with Gasteiger partial charge >= 0.3 is 5.97 Å². The maximum absolute atomic E-state index is 17.0. The quantitative estimate of drug-likeness (QED) is 0.114. The number of likely N-dealkylation sites (N-methyl/N-ethyl adjacent to an activating group) is 1. The lowest BCUT2D eigenvalue weighted by Gasteiger charge is -2.47. The van der Waals surface area contributed by atoms with Gasteiger partial charge in [0.15, 0.2) is 18.7 Å². The lowest BCUT2D eigenvalue weighted by atomic mass is 9.75. The molecule has 3 fully saturated rings. The number of aliphatic imine (C=N–C) groups is 1. The number of alkyl halides is 1. The van der Waals surface area contributed by atoms with Crippen LogP contribution in [0.25, 0.3) is 10.7 Å². The fraction of sp³-hybridized carbons (Fsp3) is 0.714. The average molecular weight is 1000 g/mol. The zero-order valence-electron chi connectivity index (χ0n) is 42.6. The van der Waals surface area contributed by atoms with Gasteiger partial charge in [0.25, 0.3) is 5.67 Å². The summed E-state index contributed by atoms with van der Waals surface area (Å²) in [5.41, 5.74) is 0.664. The minimum Gasteiger partial charge on any atom is -0.457 e. The Morgan fingerprint density at radius 1 is 1.11 bits per heavy atom. The average Bonchev–Trinajstić information content (AvgIpc) is 3.77. The van der Waals surface area contributed by atoms with Crippen molar-refractivity contribution in [2.45, 2.75) is 180 Å². The number of anilines is 1. The van der Waals surface area contributed by atoms with Crippen molar-refractivity contribution in [2.24, 2.45) is 33.6 Å². The number of Topliss-reactive ketones (excluding diaryl/α,β-unsaturated/α-hetero) is 1. The molecule has 2 aromatic rings. The number of ether oxygens (including phenoxy) is 5. The van der Waals surface area contributed by atoms with Crippen LogP contribution in [0.4, 0.5) is 10.2 Å². The molecule has 5 rings (SSSR count). The van der Waals surface area contributed by atoms with Crippen LogP contribution in [-0.2, 0) is 54.3 Å². The monoisotopic (exact) mass is 1000 g/mol. The highest BCUT2D eigenvalue weighted by Gasteiger charge is 2.56. The zero-order valence-corrected chi connectivity index (χ0v) is 43.4. The molecule has 21 heteroatoms. The lowest BCUT2D eigenvalue weighted by molar-refractivity contribution is -0.296. The summed E-state index contributed by atoms with van der Waals surface area (Å²) in [4.78, 5) is 75.7. The number of aliphatic hydroxyl groups excluding tert-OH is 1. The Morgan fingerprint density at radius 2 is 1.83 bits per heavy atom. The predicted octanol–water partition coefficient (Wildman–Crippen LogP) is 5.19. The van der Waals surface area contributed by atoms with Gasteiger partial charge in [-0.05, 0) is 91.4 Å². The molecule has 2 amide bonds. The molecule has 0 radical (unpaired) electrons. The van der Waals surface area contributed by atoms with E-state index in [1.807, 2.05) is 39.8 Å². The summed E-state index contributed by atoms with van der Waals surface area (Å²) in [6, 6.07) is 4.06. The first-order chi connectivity index (χ1) is 32.8. The number of thiazole rings is 1.